The average Bonchev–Trinajstić information content (AvgIpc) is 3.55. The van der Waals surface area contributed by atoms with Gasteiger partial charge in [-0.25, -0.2) is 4.98 Å². The molecule has 1 aromatic heterocycles. The first kappa shape index (κ1) is 31.0. The number of aliphatic imine (C=N–C) groups is 1. The number of aromatic hydroxyl groups is 1. The zero-order valence-electron chi connectivity index (χ0n) is 28.7. The lowest BCUT2D eigenvalue weighted by Gasteiger charge is -2.40. The van der Waals surface area contributed by atoms with Crippen molar-refractivity contribution in [2.24, 2.45) is 4.99 Å². The van der Waals surface area contributed by atoms with Gasteiger partial charge in [0.05, 0.1) is 12.1 Å². The molecule has 2 aliphatic rings. The van der Waals surface area contributed by atoms with Crippen molar-refractivity contribution in [3.8, 4) is 17.4 Å². The number of fused-ring (bicyclic) bond motifs is 4. The standard InChI is InChI=1S/C42H45N3O2/c1-24(2)29-22-32(25(3)4)39(33(23-29)26(5)6)45-40-38(31-16-9-10-17-34(31)42(40,7)8)44-41(45)28-14-11-15-30(21-28)47-36-20-19-27-13-12-18-35(46)37(27)43-36/h9-26,38,40,46H,1-8H3/t38-,40+/m0/s1. The summed E-state index contributed by atoms with van der Waals surface area (Å²) in [6, 6.07) is 31.2. The van der Waals surface area contributed by atoms with Crippen LogP contribution in [0, 0.1) is 0 Å². The minimum Gasteiger partial charge on any atom is -0.506 e. The number of anilines is 1. The van der Waals surface area contributed by atoms with E-state index in [1.807, 2.05) is 36.4 Å². The van der Waals surface area contributed by atoms with Crippen molar-refractivity contribution in [2.75, 3.05) is 4.90 Å². The van der Waals surface area contributed by atoms with Crippen LogP contribution >= 0.6 is 0 Å². The lowest BCUT2D eigenvalue weighted by Crippen LogP contribution is -2.47. The molecular weight excluding hydrogens is 578 g/mol. The second-order valence-electron chi connectivity index (χ2n) is 14.7. The molecule has 1 aliphatic heterocycles. The van der Waals surface area contributed by atoms with Gasteiger partial charge in [0.15, 0.2) is 0 Å². The first-order chi connectivity index (χ1) is 22.5. The van der Waals surface area contributed by atoms with Gasteiger partial charge in [-0.1, -0.05) is 116 Å². The fraction of sp³-hybridized carbons (Fsp3) is 0.333. The number of hydrogen-bond acceptors (Lipinski definition) is 5. The second kappa shape index (κ2) is 11.6. The number of para-hydroxylation sites is 1. The molecule has 0 unspecified atom stereocenters. The van der Waals surface area contributed by atoms with Crippen molar-refractivity contribution in [3.05, 3.63) is 124 Å². The monoisotopic (exact) mass is 623 g/mol. The number of aromatic nitrogens is 1. The van der Waals surface area contributed by atoms with Gasteiger partial charge in [0.2, 0.25) is 5.88 Å². The molecule has 2 atom stereocenters. The van der Waals surface area contributed by atoms with Gasteiger partial charge in [-0.15, -0.1) is 0 Å². The van der Waals surface area contributed by atoms with Gasteiger partial charge in [-0.3, -0.25) is 4.99 Å². The number of rotatable bonds is 7. The molecule has 240 valence electrons. The predicted octanol–water partition coefficient (Wildman–Crippen LogP) is 10.8. The van der Waals surface area contributed by atoms with E-state index in [0.717, 1.165) is 16.8 Å². The summed E-state index contributed by atoms with van der Waals surface area (Å²) in [5.41, 5.74) is 9.49. The Labute approximate surface area is 279 Å². The van der Waals surface area contributed by atoms with Crippen LogP contribution < -0.4 is 9.64 Å². The van der Waals surface area contributed by atoms with Crippen LogP contribution in [0.2, 0.25) is 0 Å². The average molecular weight is 624 g/mol. The molecule has 4 aromatic carbocycles. The lowest BCUT2D eigenvalue weighted by molar-refractivity contribution is 0.418. The Morgan fingerprint density at radius 3 is 2.17 bits per heavy atom. The molecule has 0 radical (unpaired) electrons. The third-order valence-corrected chi connectivity index (χ3v) is 10.1. The number of phenolic OH excluding ortho intramolecular Hbond substituents is 1. The maximum Gasteiger partial charge on any atom is 0.219 e. The summed E-state index contributed by atoms with van der Waals surface area (Å²) in [5.74, 6) is 3.31. The van der Waals surface area contributed by atoms with E-state index in [2.05, 4.69) is 114 Å². The molecule has 1 N–H and O–H groups in total. The Hall–Kier alpha value is -4.64. The normalized spacial score (nSPS) is 18.3. The summed E-state index contributed by atoms with van der Waals surface area (Å²) in [7, 11) is 0. The maximum absolute atomic E-state index is 10.4. The number of phenols is 1. The highest BCUT2D eigenvalue weighted by atomic mass is 16.5. The van der Waals surface area contributed by atoms with Crippen LogP contribution in [0.1, 0.15) is 113 Å². The topological polar surface area (TPSA) is 58.0 Å². The maximum atomic E-state index is 10.4. The molecular formula is C42H45N3O2. The van der Waals surface area contributed by atoms with Crippen LogP contribution in [0.3, 0.4) is 0 Å². The summed E-state index contributed by atoms with van der Waals surface area (Å²) in [6.45, 7) is 18.6. The third-order valence-electron chi connectivity index (χ3n) is 10.1. The van der Waals surface area contributed by atoms with Gasteiger partial charge in [0.1, 0.15) is 22.9 Å². The SMILES string of the molecule is CC(C)c1cc(C(C)C)c(N2C(c3cccc(Oc4ccc5cccc(O)c5n4)c3)=N[C@H]3c4ccccc4C(C)(C)[C@@H]32)c(C(C)C)c1. The molecule has 5 heteroatoms. The van der Waals surface area contributed by atoms with E-state index in [-0.39, 0.29) is 23.2 Å². The number of pyridine rings is 1. The number of nitrogens with zero attached hydrogens (tertiary/aromatic N) is 3. The molecule has 7 rings (SSSR count). The van der Waals surface area contributed by atoms with Crippen molar-refractivity contribution in [1.82, 2.24) is 4.98 Å². The second-order valence-corrected chi connectivity index (χ2v) is 14.7. The fourth-order valence-electron chi connectivity index (χ4n) is 7.64. The van der Waals surface area contributed by atoms with Gasteiger partial charge in [0, 0.05) is 28.1 Å². The smallest absolute Gasteiger partial charge is 0.219 e. The molecule has 5 aromatic rings. The Balaban J connectivity index is 1.40. The first-order valence-electron chi connectivity index (χ1n) is 17.0. The summed E-state index contributed by atoms with van der Waals surface area (Å²) in [4.78, 5) is 12.8. The number of ether oxygens (including phenoxy) is 1. The van der Waals surface area contributed by atoms with E-state index in [4.69, 9.17) is 9.73 Å². The highest BCUT2D eigenvalue weighted by molar-refractivity contribution is 6.13. The van der Waals surface area contributed by atoms with Gasteiger partial charge in [0.25, 0.3) is 0 Å². The number of hydrogen-bond donors (Lipinski definition) is 1. The Morgan fingerprint density at radius 1 is 0.766 bits per heavy atom. The fourth-order valence-corrected chi connectivity index (χ4v) is 7.64. The molecule has 1 aliphatic carbocycles. The van der Waals surface area contributed by atoms with Crippen LogP contribution in [0.5, 0.6) is 17.4 Å². The van der Waals surface area contributed by atoms with Crippen LogP contribution in [0.15, 0.2) is 96.0 Å². The minimum absolute atomic E-state index is 0.00991. The van der Waals surface area contributed by atoms with Crippen LogP contribution in [0.25, 0.3) is 10.9 Å². The van der Waals surface area contributed by atoms with E-state index >= 15 is 0 Å². The van der Waals surface area contributed by atoms with Crippen LogP contribution in [-0.2, 0) is 5.41 Å². The van der Waals surface area contributed by atoms with Gasteiger partial charge in [-0.05, 0) is 69.8 Å². The molecule has 0 saturated heterocycles. The zero-order chi connectivity index (χ0) is 33.2. The Bertz CT molecular complexity index is 1990. The molecule has 47 heavy (non-hydrogen) atoms. The van der Waals surface area contributed by atoms with E-state index in [1.165, 1.54) is 33.5 Å². The number of amidine groups is 1. The minimum atomic E-state index is -0.142. The molecule has 2 heterocycles. The molecule has 0 amide bonds. The highest BCUT2D eigenvalue weighted by Crippen LogP contribution is 2.55. The summed E-state index contributed by atoms with van der Waals surface area (Å²) in [5, 5.41) is 11.3. The lowest BCUT2D eigenvalue weighted by atomic mass is 9.80. The highest BCUT2D eigenvalue weighted by Gasteiger charge is 2.54. The van der Waals surface area contributed by atoms with Crippen molar-refractivity contribution in [3.63, 3.8) is 0 Å². The zero-order valence-corrected chi connectivity index (χ0v) is 28.7. The third kappa shape index (κ3) is 5.17. The molecule has 0 spiro atoms. The summed E-state index contributed by atoms with van der Waals surface area (Å²) in [6.07, 6.45) is 0. The van der Waals surface area contributed by atoms with Gasteiger partial charge in [-0.2, -0.15) is 0 Å². The largest absolute Gasteiger partial charge is 0.506 e. The summed E-state index contributed by atoms with van der Waals surface area (Å²) >= 11 is 0. The summed E-state index contributed by atoms with van der Waals surface area (Å²) < 4.78 is 6.34. The first-order valence-corrected chi connectivity index (χ1v) is 17.0. The molecule has 5 nitrogen and oxygen atoms in total. The van der Waals surface area contributed by atoms with Crippen molar-refractivity contribution < 1.29 is 9.84 Å². The van der Waals surface area contributed by atoms with Gasteiger partial charge >= 0.3 is 0 Å². The van der Waals surface area contributed by atoms with E-state index < -0.39 is 0 Å². The van der Waals surface area contributed by atoms with E-state index in [9.17, 15) is 5.11 Å². The number of benzene rings is 4. The Morgan fingerprint density at radius 2 is 1.47 bits per heavy atom. The van der Waals surface area contributed by atoms with E-state index in [0.29, 0.717) is 34.9 Å². The van der Waals surface area contributed by atoms with Crippen LogP contribution in [-0.4, -0.2) is 22.0 Å². The van der Waals surface area contributed by atoms with Crippen molar-refractivity contribution in [2.45, 2.75) is 90.6 Å². The van der Waals surface area contributed by atoms with Gasteiger partial charge < -0.3 is 14.7 Å². The molecule has 0 bridgehead atoms. The van der Waals surface area contributed by atoms with Crippen molar-refractivity contribution >= 4 is 22.4 Å². The van der Waals surface area contributed by atoms with E-state index in [1.54, 1.807) is 6.07 Å². The quantitative estimate of drug-likeness (QED) is 0.196. The Kier molecular flexibility index (Phi) is 7.62. The predicted molar refractivity (Wildman–Crippen MR) is 194 cm³/mol. The van der Waals surface area contributed by atoms with Crippen LogP contribution in [0.4, 0.5) is 5.69 Å². The molecule has 0 fully saturated rings. The van der Waals surface area contributed by atoms with Crippen molar-refractivity contribution in [1.29, 1.82) is 0 Å². The molecule has 0 saturated carbocycles.